The van der Waals surface area contributed by atoms with Gasteiger partial charge in [-0.1, -0.05) is 155 Å². The Labute approximate surface area is 388 Å². The molecular formula is C52H103N3O8. The van der Waals surface area contributed by atoms with Crippen LogP contribution in [0.15, 0.2) is 0 Å². The van der Waals surface area contributed by atoms with Gasteiger partial charge < -0.3 is 39.6 Å². The first-order valence-corrected chi connectivity index (χ1v) is 26.2. The molecule has 3 N–H and O–H groups in total. The number of methoxy groups -OCH3 is 1. The highest BCUT2D eigenvalue weighted by molar-refractivity contribution is 5.88. The Morgan fingerprint density at radius 3 is 1.54 bits per heavy atom. The van der Waals surface area contributed by atoms with Crippen molar-refractivity contribution in [3.05, 3.63) is 0 Å². The van der Waals surface area contributed by atoms with Gasteiger partial charge in [0, 0.05) is 52.9 Å². The molecule has 0 aliphatic rings. The highest BCUT2D eigenvalue weighted by Gasteiger charge is 2.25. The summed E-state index contributed by atoms with van der Waals surface area (Å²) in [5, 5.41) is 8.83. The number of rotatable bonds is 48. The minimum Gasteiger partial charge on any atom is -0.381 e. The monoisotopic (exact) mass is 898 g/mol. The molecule has 0 saturated heterocycles. The molecule has 0 bridgehead atoms. The summed E-state index contributed by atoms with van der Waals surface area (Å²) in [4.78, 5) is 39.3. The van der Waals surface area contributed by atoms with Crippen LogP contribution in [-0.2, 0) is 38.1 Å². The van der Waals surface area contributed by atoms with Crippen LogP contribution in [0.5, 0.6) is 0 Å². The number of amides is 3. The summed E-state index contributed by atoms with van der Waals surface area (Å²) in [5.74, 6) is -0.798. The quantitative estimate of drug-likeness (QED) is 0.0514. The fraction of sp³-hybridized carbons (Fsp3) is 0.942. The van der Waals surface area contributed by atoms with E-state index in [1.165, 1.54) is 135 Å². The standard InChI is InChI=1S/C52H103N3O8/c1-9-12-14-16-18-20-22-24-26-28-30-32-40-61-45-46(62-41-33-31-29-27-25-23-21-19-17-15-13-10-2)44-54-48(56)35-34-47(55-49(57)36-42-60-11-3)50(58)53-39-37-52(6,7)63-43-38-51(4,5)59-8/h46-47H,9-45H2,1-8H3,(H,53,58)(H,54,56)(H,55,57)/t46?,47-/m0/s1. The molecule has 0 aromatic rings. The largest absolute Gasteiger partial charge is 0.381 e. The Bertz CT molecular complexity index is 1060. The van der Waals surface area contributed by atoms with Crippen LogP contribution in [0.1, 0.15) is 235 Å². The van der Waals surface area contributed by atoms with Crippen LogP contribution in [0.2, 0.25) is 0 Å². The lowest BCUT2D eigenvalue weighted by Gasteiger charge is -2.29. The molecule has 0 saturated carbocycles. The van der Waals surface area contributed by atoms with Crippen molar-refractivity contribution in [1.82, 2.24) is 16.0 Å². The molecule has 63 heavy (non-hydrogen) atoms. The van der Waals surface area contributed by atoms with E-state index in [9.17, 15) is 14.4 Å². The van der Waals surface area contributed by atoms with Crippen LogP contribution >= 0.6 is 0 Å². The maximum atomic E-state index is 13.4. The molecule has 2 atom stereocenters. The summed E-state index contributed by atoms with van der Waals surface area (Å²) in [7, 11) is 1.69. The maximum absolute atomic E-state index is 13.4. The van der Waals surface area contributed by atoms with Gasteiger partial charge in [-0.05, 0) is 66.7 Å². The Balaban J connectivity index is 4.98. The lowest BCUT2D eigenvalue weighted by atomic mass is 10.0. The van der Waals surface area contributed by atoms with Crippen molar-refractivity contribution in [2.45, 2.75) is 258 Å². The molecule has 11 heteroatoms. The molecule has 0 radical (unpaired) electrons. The summed E-state index contributed by atoms with van der Waals surface area (Å²) in [6.45, 7) is 18.2. The fourth-order valence-electron chi connectivity index (χ4n) is 7.41. The molecule has 11 nitrogen and oxygen atoms in total. The molecular weight excluding hydrogens is 795 g/mol. The van der Waals surface area contributed by atoms with Gasteiger partial charge >= 0.3 is 0 Å². The van der Waals surface area contributed by atoms with Gasteiger partial charge in [-0.15, -0.1) is 0 Å². The summed E-state index contributed by atoms with van der Waals surface area (Å²) >= 11 is 0. The molecule has 0 aromatic heterocycles. The SMILES string of the molecule is CCCCCCCCCCCCCCOCC(CNC(=O)CC[C@H](NC(=O)CCOCC)C(=O)NCCC(C)(C)OCCC(C)(C)OC)OCCCCCCCCCCCCCC. The number of carbonyl (C=O) groups is 3. The van der Waals surface area contributed by atoms with E-state index in [0.717, 1.165) is 25.7 Å². The zero-order chi connectivity index (χ0) is 46.7. The van der Waals surface area contributed by atoms with Crippen LogP contribution in [-0.4, -0.2) is 101 Å². The zero-order valence-corrected chi connectivity index (χ0v) is 42.6. The van der Waals surface area contributed by atoms with E-state index in [2.05, 4.69) is 29.8 Å². The number of hydrogen-bond acceptors (Lipinski definition) is 8. The lowest BCUT2D eigenvalue weighted by molar-refractivity contribution is -0.130. The van der Waals surface area contributed by atoms with Gasteiger partial charge in [-0.3, -0.25) is 14.4 Å². The average molecular weight is 898 g/mol. The number of hydrogen-bond donors (Lipinski definition) is 3. The van der Waals surface area contributed by atoms with Crippen molar-refractivity contribution in [1.29, 1.82) is 0 Å². The maximum Gasteiger partial charge on any atom is 0.242 e. The molecule has 0 spiro atoms. The Morgan fingerprint density at radius 2 is 1.03 bits per heavy atom. The van der Waals surface area contributed by atoms with Gasteiger partial charge in [0.1, 0.15) is 6.04 Å². The molecule has 0 aliphatic heterocycles. The van der Waals surface area contributed by atoms with Crippen LogP contribution < -0.4 is 16.0 Å². The van der Waals surface area contributed by atoms with Crippen LogP contribution in [0, 0.1) is 0 Å². The lowest BCUT2D eigenvalue weighted by Crippen LogP contribution is -2.48. The van der Waals surface area contributed by atoms with E-state index in [1.54, 1.807) is 7.11 Å². The topological polar surface area (TPSA) is 133 Å². The predicted octanol–water partition coefficient (Wildman–Crippen LogP) is 11.7. The zero-order valence-electron chi connectivity index (χ0n) is 42.6. The van der Waals surface area contributed by atoms with Crippen molar-refractivity contribution < 1.29 is 38.1 Å². The third-order valence-electron chi connectivity index (χ3n) is 12.1. The van der Waals surface area contributed by atoms with E-state index >= 15 is 0 Å². The van der Waals surface area contributed by atoms with Crippen molar-refractivity contribution >= 4 is 17.7 Å². The van der Waals surface area contributed by atoms with E-state index in [0.29, 0.717) is 52.5 Å². The first kappa shape index (κ1) is 61.2. The van der Waals surface area contributed by atoms with Crippen molar-refractivity contribution in [2.75, 3.05) is 59.8 Å². The second-order valence-corrected chi connectivity index (χ2v) is 19.1. The summed E-state index contributed by atoms with van der Waals surface area (Å²) < 4.78 is 29.3. The molecule has 0 aromatic carbocycles. The second kappa shape index (κ2) is 42.8. The van der Waals surface area contributed by atoms with Crippen LogP contribution in [0.3, 0.4) is 0 Å². The van der Waals surface area contributed by atoms with Gasteiger partial charge in [0.2, 0.25) is 17.7 Å². The Kier molecular flexibility index (Phi) is 41.6. The third-order valence-corrected chi connectivity index (χ3v) is 12.1. The molecule has 1 unspecified atom stereocenters. The molecule has 0 aliphatic carbocycles. The first-order valence-electron chi connectivity index (χ1n) is 26.2. The van der Waals surface area contributed by atoms with Crippen molar-refractivity contribution in [3.8, 4) is 0 Å². The summed E-state index contributed by atoms with van der Waals surface area (Å²) in [6.07, 6.45) is 32.6. The van der Waals surface area contributed by atoms with Gasteiger partial charge in [0.25, 0.3) is 0 Å². The van der Waals surface area contributed by atoms with E-state index in [4.69, 9.17) is 23.7 Å². The number of carbonyl (C=O) groups excluding carboxylic acids is 3. The highest BCUT2D eigenvalue weighted by Crippen LogP contribution is 2.19. The molecule has 0 rings (SSSR count). The van der Waals surface area contributed by atoms with Crippen LogP contribution in [0.25, 0.3) is 0 Å². The fourth-order valence-corrected chi connectivity index (χ4v) is 7.41. The van der Waals surface area contributed by atoms with E-state index in [1.807, 2.05) is 34.6 Å². The molecule has 0 heterocycles. The number of unbranched alkanes of at least 4 members (excludes halogenated alkanes) is 22. The smallest absolute Gasteiger partial charge is 0.242 e. The molecule has 0 fully saturated rings. The second-order valence-electron chi connectivity index (χ2n) is 19.1. The number of nitrogens with one attached hydrogen (secondary N) is 3. The third kappa shape index (κ3) is 41.4. The first-order chi connectivity index (χ1) is 30.4. The average Bonchev–Trinajstić information content (AvgIpc) is 3.25. The normalized spacial score (nSPS) is 13.0. The van der Waals surface area contributed by atoms with Crippen molar-refractivity contribution in [3.63, 3.8) is 0 Å². The van der Waals surface area contributed by atoms with Gasteiger partial charge in [0.05, 0.1) is 37.1 Å². The molecule has 3 amide bonds. The highest BCUT2D eigenvalue weighted by atomic mass is 16.5. The van der Waals surface area contributed by atoms with Gasteiger partial charge in [0.15, 0.2) is 0 Å². The van der Waals surface area contributed by atoms with Crippen molar-refractivity contribution in [2.24, 2.45) is 0 Å². The minimum absolute atomic E-state index is 0.0822. The predicted molar refractivity (Wildman–Crippen MR) is 261 cm³/mol. The van der Waals surface area contributed by atoms with E-state index in [-0.39, 0.29) is 55.3 Å². The summed E-state index contributed by atoms with van der Waals surface area (Å²) in [5.41, 5.74) is -0.737. The van der Waals surface area contributed by atoms with Gasteiger partial charge in [-0.2, -0.15) is 0 Å². The van der Waals surface area contributed by atoms with Crippen LogP contribution in [0.4, 0.5) is 0 Å². The number of ether oxygens (including phenoxy) is 5. The minimum atomic E-state index is -0.854. The summed E-state index contributed by atoms with van der Waals surface area (Å²) in [6, 6.07) is -0.854. The molecule has 374 valence electrons. The van der Waals surface area contributed by atoms with E-state index < -0.39 is 11.6 Å². The Hall–Kier alpha value is -1.79. The van der Waals surface area contributed by atoms with Gasteiger partial charge in [-0.25, -0.2) is 0 Å². The Morgan fingerprint density at radius 1 is 0.524 bits per heavy atom.